The third kappa shape index (κ3) is 7.39. The lowest BCUT2D eigenvalue weighted by Gasteiger charge is -2.33. The molecule has 2 fully saturated rings. The number of nitrogens with zero attached hydrogens (tertiary/aromatic N) is 4. The fourth-order valence-corrected chi connectivity index (χ4v) is 5.25. The van der Waals surface area contributed by atoms with E-state index in [1.165, 1.54) is 6.20 Å². The number of hydrogen-bond donors (Lipinski definition) is 3. The van der Waals surface area contributed by atoms with Gasteiger partial charge in [-0.25, -0.2) is 18.4 Å². The van der Waals surface area contributed by atoms with E-state index in [2.05, 4.69) is 30.9 Å². The quantitative estimate of drug-likeness (QED) is 0.278. The summed E-state index contributed by atoms with van der Waals surface area (Å²) in [7, 11) is 0. The number of amides is 2. The van der Waals surface area contributed by atoms with Crippen LogP contribution in [0.5, 0.6) is 0 Å². The molecule has 3 N–H and O–H groups in total. The number of fused-ring (bicyclic) bond motifs is 1. The van der Waals surface area contributed by atoms with E-state index in [0.29, 0.717) is 34.9 Å². The number of carbonyl (C=O) groups excluding carboxylic acids is 2. The maximum atomic E-state index is 14.0. The van der Waals surface area contributed by atoms with Crippen molar-refractivity contribution in [2.24, 2.45) is 11.8 Å². The lowest BCUT2D eigenvalue weighted by Crippen LogP contribution is -2.38. The highest BCUT2D eigenvalue weighted by Gasteiger charge is 2.40. The summed E-state index contributed by atoms with van der Waals surface area (Å²) in [6, 6.07) is 3.88. The smallest absolute Gasteiger partial charge is 0.350 e. The predicted octanol–water partition coefficient (Wildman–Crippen LogP) is 5.38. The Bertz CT molecular complexity index is 1390. The Hall–Kier alpha value is -3.58. The van der Waals surface area contributed by atoms with Crippen LogP contribution in [0.15, 0.2) is 24.4 Å². The number of benzene rings is 1. The summed E-state index contributed by atoms with van der Waals surface area (Å²) in [5.41, 5.74) is 2.06. The summed E-state index contributed by atoms with van der Waals surface area (Å²) in [5.74, 6) is -3.31. The number of alkyl halides is 5. The highest BCUT2D eigenvalue weighted by Crippen LogP contribution is 2.41. The third-order valence-corrected chi connectivity index (χ3v) is 7.83. The number of H-pyrrole nitrogens is 1. The predicted molar refractivity (Wildman–Crippen MR) is 138 cm³/mol. The first kappa shape index (κ1) is 28.9. The van der Waals surface area contributed by atoms with Gasteiger partial charge >= 0.3 is 6.18 Å². The van der Waals surface area contributed by atoms with Crippen LogP contribution in [0.2, 0.25) is 0 Å². The first-order valence-corrected chi connectivity index (χ1v) is 13.8. The van der Waals surface area contributed by atoms with Crippen LogP contribution < -0.4 is 10.6 Å². The molecule has 2 aliphatic rings. The molecule has 3 aromatic rings. The molecule has 2 atom stereocenters. The van der Waals surface area contributed by atoms with Crippen LogP contribution in [0.25, 0.3) is 11.0 Å². The number of rotatable bonds is 10. The first-order valence-electron chi connectivity index (χ1n) is 13.8. The average molecular weight is 582 g/mol. The van der Waals surface area contributed by atoms with Crippen molar-refractivity contribution in [3.05, 3.63) is 41.5 Å². The van der Waals surface area contributed by atoms with Crippen molar-refractivity contribution in [1.82, 2.24) is 35.6 Å². The normalized spacial score (nSPS) is 19.2. The van der Waals surface area contributed by atoms with Gasteiger partial charge in [-0.2, -0.15) is 13.2 Å². The second-order valence-corrected chi connectivity index (χ2v) is 11.2. The summed E-state index contributed by atoms with van der Waals surface area (Å²) in [4.78, 5) is 33.2. The molecule has 14 heteroatoms. The molecule has 9 nitrogen and oxygen atoms in total. The van der Waals surface area contributed by atoms with Gasteiger partial charge < -0.3 is 15.6 Å². The van der Waals surface area contributed by atoms with Gasteiger partial charge in [-0.05, 0) is 62.1 Å². The molecule has 5 rings (SSSR count). The molecule has 2 aliphatic carbocycles. The molecule has 0 unspecified atom stereocenters. The van der Waals surface area contributed by atoms with Crippen molar-refractivity contribution in [3.8, 4) is 0 Å². The molecule has 2 saturated carbocycles. The van der Waals surface area contributed by atoms with E-state index in [-0.39, 0.29) is 37.3 Å². The monoisotopic (exact) mass is 581 g/mol. The van der Waals surface area contributed by atoms with Crippen molar-refractivity contribution < 1.29 is 31.5 Å². The summed E-state index contributed by atoms with van der Waals surface area (Å²) in [6.45, 7) is 2.25. The van der Waals surface area contributed by atoms with Gasteiger partial charge in [0.15, 0.2) is 0 Å². The van der Waals surface area contributed by atoms with Crippen LogP contribution in [0.1, 0.15) is 92.3 Å². The van der Waals surface area contributed by atoms with Gasteiger partial charge in [0.2, 0.25) is 11.8 Å². The minimum atomic E-state index is -4.42. The van der Waals surface area contributed by atoms with Crippen molar-refractivity contribution >= 4 is 22.8 Å². The van der Waals surface area contributed by atoms with Crippen LogP contribution in [0, 0.1) is 11.8 Å². The summed E-state index contributed by atoms with van der Waals surface area (Å²) >= 11 is 0. The largest absolute Gasteiger partial charge is 0.389 e. The molecule has 0 aliphatic heterocycles. The van der Waals surface area contributed by atoms with Gasteiger partial charge in [-0.1, -0.05) is 11.3 Å². The molecule has 2 aromatic heterocycles. The van der Waals surface area contributed by atoms with Crippen molar-refractivity contribution in [1.29, 1.82) is 0 Å². The molecule has 2 heterocycles. The fraction of sp³-hybridized carbons (Fsp3) is 0.593. The van der Waals surface area contributed by atoms with Crippen LogP contribution in [-0.2, 0) is 11.3 Å². The minimum absolute atomic E-state index is 0.195. The van der Waals surface area contributed by atoms with E-state index in [1.54, 1.807) is 29.8 Å². The number of halogens is 5. The molecule has 0 radical (unpaired) electrons. The van der Waals surface area contributed by atoms with Crippen molar-refractivity contribution in [2.45, 2.75) is 89.0 Å². The molecule has 0 bridgehead atoms. The topological polar surface area (TPSA) is 118 Å². The minimum Gasteiger partial charge on any atom is -0.350 e. The first-order chi connectivity index (χ1) is 19.4. The molecule has 0 saturated heterocycles. The van der Waals surface area contributed by atoms with E-state index in [1.807, 2.05) is 0 Å². The molecular formula is C27H32F5N7O2. The zero-order valence-corrected chi connectivity index (χ0v) is 22.5. The zero-order chi connectivity index (χ0) is 29.4. The maximum Gasteiger partial charge on any atom is 0.389 e. The van der Waals surface area contributed by atoms with Gasteiger partial charge in [0.1, 0.15) is 11.5 Å². The molecule has 41 heavy (non-hydrogen) atoms. The molecule has 2 amide bonds. The van der Waals surface area contributed by atoms with Crippen molar-refractivity contribution in [2.75, 3.05) is 0 Å². The Morgan fingerprint density at radius 1 is 1.15 bits per heavy atom. The number of hydrogen-bond acceptors (Lipinski definition) is 5. The highest BCUT2D eigenvalue weighted by molar-refractivity contribution is 5.92. The van der Waals surface area contributed by atoms with E-state index in [0.717, 1.165) is 12.8 Å². The standard InChI is InChI=1S/C27H32F5N7O2/c1-15(34-22(40)8-11-27(30,31)32)18-4-5-19-20(12-18)36-24(35-19)23(17-6-9-26(28,29)10-7-17)37-25(41)21-13-33-38-39(21)14-16-2-3-16/h4-5,12-13,15-17,23H,2-3,6-11,14H2,1H3,(H,34,40)(H,35,36)(H,37,41)/t15-,23+/m1/s1. The van der Waals surface area contributed by atoms with E-state index < -0.39 is 48.8 Å². The molecule has 0 spiro atoms. The van der Waals surface area contributed by atoms with Crippen LogP contribution in [0.3, 0.4) is 0 Å². The maximum absolute atomic E-state index is 14.0. The van der Waals surface area contributed by atoms with Crippen molar-refractivity contribution in [3.63, 3.8) is 0 Å². The van der Waals surface area contributed by atoms with Gasteiger partial charge in [0.25, 0.3) is 5.91 Å². The summed E-state index contributed by atoms with van der Waals surface area (Å²) < 4.78 is 66.9. The molecular weight excluding hydrogens is 549 g/mol. The third-order valence-electron chi connectivity index (χ3n) is 7.83. The van der Waals surface area contributed by atoms with Gasteiger partial charge in [0, 0.05) is 25.8 Å². The lowest BCUT2D eigenvalue weighted by atomic mass is 9.81. The van der Waals surface area contributed by atoms with E-state index >= 15 is 0 Å². The lowest BCUT2D eigenvalue weighted by molar-refractivity contribution is -0.144. The highest BCUT2D eigenvalue weighted by atomic mass is 19.4. The number of imidazole rings is 1. The van der Waals surface area contributed by atoms with E-state index in [9.17, 15) is 31.5 Å². The van der Waals surface area contributed by atoms with Gasteiger partial charge in [0.05, 0.1) is 35.7 Å². The Balaban J connectivity index is 1.35. The Morgan fingerprint density at radius 2 is 1.88 bits per heavy atom. The SMILES string of the molecule is C[C@@H](NC(=O)CCC(F)(F)F)c1ccc2nc([C@@H](NC(=O)c3cnnn3CC3CC3)C3CCC(F)(F)CC3)[nH]c2c1. The van der Waals surface area contributed by atoms with Crippen LogP contribution in [-0.4, -0.2) is 48.9 Å². The Kier molecular flexibility index (Phi) is 8.02. The number of aromatic amines is 1. The number of aromatic nitrogens is 5. The molecule has 1 aromatic carbocycles. The fourth-order valence-electron chi connectivity index (χ4n) is 5.25. The van der Waals surface area contributed by atoms with Gasteiger partial charge in [-0.15, -0.1) is 5.10 Å². The second-order valence-electron chi connectivity index (χ2n) is 11.2. The average Bonchev–Trinajstić information content (AvgIpc) is 3.42. The van der Waals surface area contributed by atoms with Gasteiger partial charge in [-0.3, -0.25) is 9.59 Å². The molecule has 222 valence electrons. The van der Waals surface area contributed by atoms with E-state index in [4.69, 9.17) is 0 Å². The zero-order valence-electron chi connectivity index (χ0n) is 22.5. The van der Waals surface area contributed by atoms with Crippen LogP contribution in [0.4, 0.5) is 22.0 Å². The Labute approximate surface area is 232 Å². The Morgan fingerprint density at radius 3 is 2.56 bits per heavy atom. The number of nitrogens with one attached hydrogen (secondary N) is 3. The summed E-state index contributed by atoms with van der Waals surface area (Å²) in [6.07, 6.45) is -2.96. The van der Waals surface area contributed by atoms with Crippen LogP contribution >= 0.6 is 0 Å². The second kappa shape index (κ2) is 11.4. The summed E-state index contributed by atoms with van der Waals surface area (Å²) in [5, 5.41) is 13.5. The number of carbonyl (C=O) groups is 2.